The fraction of sp³-hybridized carbons (Fsp3) is 0.200. The van der Waals surface area contributed by atoms with E-state index in [9.17, 15) is 26.3 Å². The van der Waals surface area contributed by atoms with E-state index in [1.165, 1.54) is 4.57 Å². The summed E-state index contributed by atoms with van der Waals surface area (Å²) in [7, 11) is 0. The van der Waals surface area contributed by atoms with Gasteiger partial charge in [0.2, 0.25) is 0 Å². The van der Waals surface area contributed by atoms with Crippen LogP contribution in [0.25, 0.3) is 22.7 Å². The van der Waals surface area contributed by atoms with Gasteiger partial charge in [0.05, 0.1) is 16.6 Å². The number of hydrogen-bond acceptors (Lipinski definition) is 0. The molecular formula is C20H13F6N. The minimum absolute atomic E-state index is 0.134. The molecule has 1 nitrogen and oxygen atoms in total. The maximum Gasteiger partial charge on any atom is 0.416 e. The zero-order valence-corrected chi connectivity index (χ0v) is 13.8. The van der Waals surface area contributed by atoms with Crippen molar-refractivity contribution in [3.63, 3.8) is 0 Å². The number of para-hydroxylation sites is 1. The molecule has 7 heteroatoms. The van der Waals surface area contributed by atoms with E-state index in [1.807, 2.05) is 18.2 Å². The Morgan fingerprint density at radius 3 is 2.07 bits per heavy atom. The largest absolute Gasteiger partial charge is 0.416 e. The Hall–Kier alpha value is -2.70. The lowest BCUT2D eigenvalue weighted by Gasteiger charge is -2.18. The lowest BCUT2D eigenvalue weighted by molar-refractivity contribution is -0.143. The Balaban J connectivity index is 2.06. The zero-order chi connectivity index (χ0) is 19.4. The van der Waals surface area contributed by atoms with Gasteiger partial charge in [-0.1, -0.05) is 30.4 Å². The molecule has 27 heavy (non-hydrogen) atoms. The first kappa shape index (κ1) is 17.7. The van der Waals surface area contributed by atoms with Crippen LogP contribution in [0, 0.1) is 0 Å². The molecule has 0 radical (unpaired) electrons. The second-order valence-electron chi connectivity index (χ2n) is 6.42. The first-order valence-corrected chi connectivity index (χ1v) is 8.25. The van der Waals surface area contributed by atoms with Gasteiger partial charge in [-0.05, 0) is 37.1 Å². The summed E-state index contributed by atoms with van der Waals surface area (Å²) in [5.41, 5.74) is -0.629. The molecule has 0 aliphatic heterocycles. The summed E-state index contributed by atoms with van der Waals surface area (Å²) in [5, 5.41) is 0.800. The zero-order valence-electron chi connectivity index (χ0n) is 13.8. The monoisotopic (exact) mass is 381 g/mol. The van der Waals surface area contributed by atoms with E-state index in [-0.39, 0.29) is 11.8 Å². The van der Waals surface area contributed by atoms with E-state index in [0.717, 1.165) is 23.1 Å². The van der Waals surface area contributed by atoms with Crippen molar-refractivity contribution in [2.75, 3.05) is 0 Å². The molecule has 2 aromatic carbocycles. The van der Waals surface area contributed by atoms with Crippen LogP contribution < -0.4 is 0 Å². The van der Waals surface area contributed by atoms with Crippen LogP contribution in [0.15, 0.2) is 48.5 Å². The highest BCUT2D eigenvalue weighted by molar-refractivity contribution is 5.93. The van der Waals surface area contributed by atoms with Crippen molar-refractivity contribution in [2.24, 2.45) is 0 Å². The third-order valence-electron chi connectivity index (χ3n) is 4.68. The van der Waals surface area contributed by atoms with Crippen molar-refractivity contribution in [1.29, 1.82) is 0 Å². The van der Waals surface area contributed by atoms with E-state index in [0.29, 0.717) is 24.1 Å². The summed E-state index contributed by atoms with van der Waals surface area (Å²) in [5.74, 6) is 0. The van der Waals surface area contributed by atoms with Gasteiger partial charge in [0.1, 0.15) is 0 Å². The average Bonchev–Trinajstić information content (AvgIpc) is 2.94. The molecule has 0 unspecified atom stereocenters. The number of allylic oxidation sites excluding steroid dienone is 1. The van der Waals surface area contributed by atoms with Gasteiger partial charge >= 0.3 is 12.4 Å². The van der Waals surface area contributed by atoms with E-state index >= 15 is 0 Å². The Kier molecular flexibility index (Phi) is 3.87. The molecule has 1 heterocycles. The van der Waals surface area contributed by atoms with Crippen LogP contribution in [0.1, 0.15) is 28.8 Å². The van der Waals surface area contributed by atoms with Gasteiger partial charge in [-0.3, -0.25) is 0 Å². The second kappa shape index (κ2) is 5.90. The molecular weight excluding hydrogens is 368 g/mol. The lowest BCUT2D eigenvalue weighted by Crippen LogP contribution is -2.13. The fourth-order valence-corrected chi connectivity index (χ4v) is 3.53. The predicted molar refractivity (Wildman–Crippen MR) is 90.6 cm³/mol. The fourth-order valence-electron chi connectivity index (χ4n) is 3.53. The van der Waals surface area contributed by atoms with Crippen molar-refractivity contribution in [3.8, 4) is 5.69 Å². The summed E-state index contributed by atoms with van der Waals surface area (Å²) in [6, 6.07) is 8.74. The SMILES string of the molecule is FC(F)(F)c1cc(-n2c3c(c4ccccc42)C=CCC3)cc(C(F)(F)F)c1. The van der Waals surface area contributed by atoms with Crippen LogP contribution in [-0.2, 0) is 18.8 Å². The molecule has 3 aromatic rings. The van der Waals surface area contributed by atoms with Crippen molar-refractivity contribution >= 4 is 17.0 Å². The Morgan fingerprint density at radius 1 is 0.815 bits per heavy atom. The minimum Gasteiger partial charge on any atom is -0.313 e. The normalized spacial score (nSPS) is 14.6. The Morgan fingerprint density at radius 2 is 1.44 bits per heavy atom. The Labute approximate surface area is 150 Å². The number of aromatic nitrogens is 1. The molecule has 0 saturated carbocycles. The van der Waals surface area contributed by atoms with E-state index in [4.69, 9.17) is 0 Å². The molecule has 1 aromatic heterocycles. The average molecular weight is 381 g/mol. The third kappa shape index (κ3) is 3.01. The molecule has 0 N–H and O–H groups in total. The topological polar surface area (TPSA) is 4.93 Å². The molecule has 1 aliphatic carbocycles. The van der Waals surface area contributed by atoms with Crippen LogP contribution in [0.4, 0.5) is 26.3 Å². The van der Waals surface area contributed by atoms with Gasteiger partial charge in [0.15, 0.2) is 0 Å². The molecule has 140 valence electrons. The van der Waals surface area contributed by atoms with Crippen molar-refractivity contribution in [3.05, 3.63) is 70.9 Å². The van der Waals surface area contributed by atoms with Crippen molar-refractivity contribution < 1.29 is 26.3 Å². The molecule has 4 rings (SSSR count). The van der Waals surface area contributed by atoms with Gasteiger partial charge in [-0.2, -0.15) is 26.3 Å². The van der Waals surface area contributed by atoms with Crippen LogP contribution in [-0.4, -0.2) is 4.57 Å². The smallest absolute Gasteiger partial charge is 0.313 e. The molecule has 1 aliphatic rings. The second-order valence-corrected chi connectivity index (χ2v) is 6.42. The van der Waals surface area contributed by atoms with E-state index in [2.05, 4.69) is 0 Å². The van der Waals surface area contributed by atoms with Crippen LogP contribution in [0.3, 0.4) is 0 Å². The summed E-state index contributed by atoms with van der Waals surface area (Å²) in [4.78, 5) is 0. The first-order chi connectivity index (χ1) is 12.7. The third-order valence-corrected chi connectivity index (χ3v) is 4.68. The number of halogens is 6. The van der Waals surface area contributed by atoms with Crippen molar-refractivity contribution in [2.45, 2.75) is 25.2 Å². The van der Waals surface area contributed by atoms with Gasteiger partial charge in [-0.15, -0.1) is 0 Å². The number of nitrogens with zero attached hydrogens (tertiary/aromatic N) is 1. The molecule has 0 bridgehead atoms. The maximum absolute atomic E-state index is 13.2. The number of fused-ring (bicyclic) bond motifs is 3. The van der Waals surface area contributed by atoms with Gasteiger partial charge < -0.3 is 4.57 Å². The summed E-state index contributed by atoms with van der Waals surface area (Å²) < 4.78 is 81.0. The van der Waals surface area contributed by atoms with Crippen LogP contribution in [0.2, 0.25) is 0 Å². The molecule has 0 amide bonds. The quantitative estimate of drug-likeness (QED) is 0.417. The van der Waals surface area contributed by atoms with Gasteiger partial charge in [0.25, 0.3) is 0 Å². The van der Waals surface area contributed by atoms with Crippen LogP contribution >= 0.6 is 0 Å². The number of hydrogen-bond donors (Lipinski definition) is 0. The molecule has 0 atom stereocenters. The minimum atomic E-state index is -4.88. The van der Waals surface area contributed by atoms with Crippen molar-refractivity contribution in [1.82, 2.24) is 4.57 Å². The van der Waals surface area contributed by atoms with E-state index in [1.54, 1.807) is 18.2 Å². The highest BCUT2D eigenvalue weighted by Gasteiger charge is 2.37. The van der Waals surface area contributed by atoms with Gasteiger partial charge in [0, 0.05) is 22.3 Å². The molecule has 0 fully saturated rings. The highest BCUT2D eigenvalue weighted by Crippen LogP contribution is 2.40. The summed E-state index contributed by atoms with van der Waals surface area (Å²) in [6.07, 6.45) is -4.72. The maximum atomic E-state index is 13.2. The summed E-state index contributed by atoms with van der Waals surface area (Å²) in [6.45, 7) is 0. The van der Waals surface area contributed by atoms with Gasteiger partial charge in [-0.25, -0.2) is 0 Å². The first-order valence-electron chi connectivity index (χ1n) is 8.25. The predicted octanol–water partition coefficient (Wildman–Crippen LogP) is 6.63. The number of rotatable bonds is 1. The number of alkyl halides is 6. The number of benzene rings is 2. The molecule has 0 saturated heterocycles. The highest BCUT2D eigenvalue weighted by atomic mass is 19.4. The summed E-state index contributed by atoms with van der Waals surface area (Å²) >= 11 is 0. The lowest BCUT2D eigenvalue weighted by atomic mass is 10.0. The standard InChI is InChI=1S/C20H13F6N/c21-19(22,23)12-9-13(20(24,25)26)11-14(10-12)27-17-7-3-1-5-15(17)16-6-2-4-8-18(16)27/h1-3,5-7,9-11H,4,8H2. The van der Waals surface area contributed by atoms with E-state index < -0.39 is 23.5 Å². The Bertz CT molecular complexity index is 1020. The van der Waals surface area contributed by atoms with Crippen LogP contribution in [0.5, 0.6) is 0 Å². The molecule has 0 spiro atoms.